The molecule has 3 aromatic rings. The molecule has 0 fully saturated rings. The van der Waals surface area contributed by atoms with Gasteiger partial charge in [-0.3, -0.25) is 19.3 Å². The number of anilines is 1. The number of nitrogens with zero attached hydrogens (tertiary/aromatic N) is 3. The quantitative estimate of drug-likeness (QED) is 0.455. The number of H-pyrrole nitrogens is 1. The summed E-state index contributed by atoms with van der Waals surface area (Å²) in [4.78, 5) is 57.3. The van der Waals surface area contributed by atoms with Crippen LogP contribution in [0.5, 0.6) is 5.88 Å². The lowest BCUT2D eigenvalue weighted by molar-refractivity contribution is -0.137. The van der Waals surface area contributed by atoms with Crippen molar-refractivity contribution in [3.63, 3.8) is 0 Å². The number of alkyl halides is 3. The first-order valence-electron chi connectivity index (χ1n) is 13.1. The number of fused-ring (bicyclic) bond motifs is 2. The molecule has 5 rings (SSSR count). The second kappa shape index (κ2) is 10.3. The molecule has 2 aliphatic rings. The number of amides is 3. The normalized spacial score (nSPS) is 16.6. The van der Waals surface area contributed by atoms with Gasteiger partial charge in [-0.05, 0) is 42.7 Å². The van der Waals surface area contributed by atoms with E-state index in [2.05, 4.69) is 15.5 Å². The number of benzene rings is 1. The standard InChI is InChI=1S/C28H28F3N5O6/c1-14-18-6-5-15(24(38)35-8-7-19-21(13-35)42-34-22(19)37)9-16(18)12-36(14)26(40)41-23-20(33-25(39)27(2,3)4)10-17(11-32-23)28(29,30)31/h5-6,9-11,14H,7-8,12-13H2,1-4H3,(H,33,39)(H,34,37). The molecule has 1 aromatic carbocycles. The Hall–Kier alpha value is -4.62. The van der Waals surface area contributed by atoms with Crippen molar-refractivity contribution in [2.24, 2.45) is 5.41 Å². The Bertz CT molecular complexity index is 1640. The fourth-order valence-corrected chi connectivity index (χ4v) is 4.82. The highest BCUT2D eigenvalue weighted by molar-refractivity contribution is 5.96. The fourth-order valence-electron chi connectivity index (χ4n) is 4.82. The highest BCUT2D eigenvalue weighted by atomic mass is 19.4. The van der Waals surface area contributed by atoms with Gasteiger partial charge in [0.25, 0.3) is 11.5 Å². The molecule has 3 amide bonds. The van der Waals surface area contributed by atoms with Gasteiger partial charge in [0.05, 0.1) is 30.3 Å². The van der Waals surface area contributed by atoms with Crippen molar-refractivity contribution >= 4 is 23.6 Å². The van der Waals surface area contributed by atoms with Gasteiger partial charge < -0.3 is 19.5 Å². The maximum Gasteiger partial charge on any atom is 0.417 e. The Balaban J connectivity index is 1.33. The van der Waals surface area contributed by atoms with Crippen LogP contribution in [0.15, 0.2) is 39.8 Å². The molecule has 11 nitrogen and oxygen atoms in total. The largest absolute Gasteiger partial charge is 0.417 e. The van der Waals surface area contributed by atoms with E-state index in [4.69, 9.17) is 9.26 Å². The topological polar surface area (TPSA) is 138 Å². The number of hydrogen-bond donors (Lipinski definition) is 2. The number of carbonyl (C=O) groups excluding carboxylic acids is 3. The van der Waals surface area contributed by atoms with Crippen LogP contribution in [0.2, 0.25) is 0 Å². The summed E-state index contributed by atoms with van der Waals surface area (Å²) in [5.74, 6) is -0.929. The number of rotatable bonds is 3. The molecule has 2 N–H and O–H groups in total. The Morgan fingerprint density at radius 1 is 1.14 bits per heavy atom. The molecular formula is C28H28F3N5O6. The summed E-state index contributed by atoms with van der Waals surface area (Å²) >= 11 is 0. The van der Waals surface area contributed by atoms with Crippen molar-refractivity contribution in [3.8, 4) is 5.88 Å². The van der Waals surface area contributed by atoms with E-state index in [0.717, 1.165) is 5.56 Å². The summed E-state index contributed by atoms with van der Waals surface area (Å²) in [6, 6.07) is 5.24. The van der Waals surface area contributed by atoms with Crippen LogP contribution in [0.4, 0.5) is 23.7 Å². The van der Waals surface area contributed by atoms with Crippen molar-refractivity contribution in [3.05, 3.63) is 74.4 Å². The molecule has 1 atom stereocenters. The van der Waals surface area contributed by atoms with Crippen LogP contribution in [-0.4, -0.2) is 44.4 Å². The van der Waals surface area contributed by atoms with E-state index in [0.29, 0.717) is 47.7 Å². The van der Waals surface area contributed by atoms with Crippen molar-refractivity contribution < 1.29 is 36.8 Å². The molecule has 1 unspecified atom stereocenters. The molecule has 4 heterocycles. The Labute approximate surface area is 237 Å². The van der Waals surface area contributed by atoms with Crippen LogP contribution in [0.1, 0.15) is 72.1 Å². The third kappa shape index (κ3) is 5.48. The molecule has 222 valence electrons. The van der Waals surface area contributed by atoms with Crippen molar-refractivity contribution in [1.29, 1.82) is 0 Å². The minimum atomic E-state index is -4.73. The van der Waals surface area contributed by atoms with Gasteiger partial charge in [-0.1, -0.05) is 26.8 Å². The summed E-state index contributed by atoms with van der Waals surface area (Å²) < 4.78 is 50.6. The van der Waals surface area contributed by atoms with E-state index >= 15 is 0 Å². The molecule has 14 heteroatoms. The molecular weight excluding hydrogens is 559 g/mol. The predicted octanol–water partition coefficient (Wildman–Crippen LogP) is 4.64. The number of hydrogen-bond acceptors (Lipinski definition) is 7. The monoisotopic (exact) mass is 587 g/mol. The second-order valence-electron chi connectivity index (χ2n) is 11.3. The summed E-state index contributed by atoms with van der Waals surface area (Å²) in [5, 5.41) is 4.67. The average Bonchev–Trinajstić information content (AvgIpc) is 3.46. The van der Waals surface area contributed by atoms with Gasteiger partial charge in [0, 0.05) is 23.7 Å². The van der Waals surface area contributed by atoms with E-state index in [9.17, 15) is 32.3 Å². The third-order valence-corrected chi connectivity index (χ3v) is 7.31. The van der Waals surface area contributed by atoms with E-state index in [1.165, 1.54) is 4.90 Å². The van der Waals surface area contributed by atoms with Crippen LogP contribution in [0, 0.1) is 5.41 Å². The van der Waals surface area contributed by atoms with Gasteiger partial charge in [-0.25, -0.2) is 9.78 Å². The van der Waals surface area contributed by atoms with Crippen LogP contribution in [-0.2, 0) is 30.5 Å². The minimum absolute atomic E-state index is 0.0671. The molecule has 0 aliphatic carbocycles. The molecule has 2 aromatic heterocycles. The highest BCUT2D eigenvalue weighted by Crippen LogP contribution is 2.37. The first-order chi connectivity index (χ1) is 19.6. The number of nitrogens with one attached hydrogen (secondary N) is 2. The molecule has 0 saturated carbocycles. The zero-order chi connectivity index (χ0) is 30.6. The Kier molecular flexibility index (Phi) is 7.11. The number of ether oxygens (including phenoxy) is 1. The lowest BCUT2D eigenvalue weighted by Gasteiger charge is -2.25. The highest BCUT2D eigenvalue weighted by Gasteiger charge is 2.36. The zero-order valence-electron chi connectivity index (χ0n) is 23.2. The predicted molar refractivity (Wildman–Crippen MR) is 142 cm³/mol. The average molecular weight is 588 g/mol. The first kappa shape index (κ1) is 28.9. The minimum Gasteiger partial charge on any atom is -0.389 e. The lowest BCUT2D eigenvalue weighted by atomic mass is 9.95. The van der Waals surface area contributed by atoms with Gasteiger partial charge in [-0.2, -0.15) is 18.3 Å². The number of aromatic amines is 1. The van der Waals surface area contributed by atoms with Crippen molar-refractivity contribution in [1.82, 2.24) is 19.9 Å². The molecule has 0 radical (unpaired) electrons. The van der Waals surface area contributed by atoms with E-state index in [1.54, 1.807) is 50.8 Å². The van der Waals surface area contributed by atoms with Crippen LogP contribution >= 0.6 is 0 Å². The number of carbonyl (C=O) groups is 3. The van der Waals surface area contributed by atoms with Crippen LogP contribution in [0.25, 0.3) is 0 Å². The van der Waals surface area contributed by atoms with E-state index in [1.807, 2.05) is 0 Å². The zero-order valence-corrected chi connectivity index (χ0v) is 23.2. The maximum atomic E-state index is 13.3. The van der Waals surface area contributed by atoms with Crippen molar-refractivity contribution in [2.75, 3.05) is 11.9 Å². The number of aromatic nitrogens is 2. The molecule has 0 spiro atoms. The number of halogens is 3. The first-order valence-corrected chi connectivity index (χ1v) is 13.1. The SMILES string of the molecule is CC1c2ccc(C(=O)N3CCc4c(o[nH]c4=O)C3)cc2CN1C(=O)Oc1ncc(C(F)(F)F)cc1NC(=O)C(C)(C)C. The third-order valence-electron chi connectivity index (χ3n) is 7.31. The van der Waals surface area contributed by atoms with E-state index in [-0.39, 0.29) is 24.6 Å². The van der Waals surface area contributed by atoms with E-state index < -0.39 is 46.8 Å². The van der Waals surface area contributed by atoms with Gasteiger partial charge in [0.2, 0.25) is 11.8 Å². The second-order valence-corrected chi connectivity index (χ2v) is 11.3. The van der Waals surface area contributed by atoms with Gasteiger partial charge in [0.15, 0.2) is 5.76 Å². The Morgan fingerprint density at radius 3 is 2.57 bits per heavy atom. The van der Waals surface area contributed by atoms with Gasteiger partial charge >= 0.3 is 12.3 Å². The molecule has 42 heavy (non-hydrogen) atoms. The van der Waals surface area contributed by atoms with Gasteiger partial charge in [-0.15, -0.1) is 0 Å². The summed E-state index contributed by atoms with van der Waals surface area (Å²) in [5.41, 5.74) is -0.380. The molecule has 0 bridgehead atoms. The fraction of sp³-hybridized carbons (Fsp3) is 0.393. The smallest absolute Gasteiger partial charge is 0.389 e. The lowest BCUT2D eigenvalue weighted by Crippen LogP contribution is -2.36. The summed E-state index contributed by atoms with van der Waals surface area (Å²) in [6.07, 6.45) is -4.73. The van der Waals surface area contributed by atoms with Crippen LogP contribution < -0.4 is 15.6 Å². The molecule has 2 aliphatic heterocycles. The van der Waals surface area contributed by atoms with Crippen molar-refractivity contribution in [2.45, 2.75) is 59.4 Å². The molecule has 0 saturated heterocycles. The summed E-state index contributed by atoms with van der Waals surface area (Å²) in [6.45, 7) is 7.04. The van der Waals surface area contributed by atoms with Crippen LogP contribution in [0.3, 0.4) is 0 Å². The maximum absolute atomic E-state index is 13.3. The van der Waals surface area contributed by atoms with Gasteiger partial charge in [0.1, 0.15) is 5.69 Å². The summed E-state index contributed by atoms with van der Waals surface area (Å²) in [7, 11) is 0. The Morgan fingerprint density at radius 2 is 1.88 bits per heavy atom. The number of pyridine rings is 1.